The van der Waals surface area contributed by atoms with Gasteiger partial charge in [0.1, 0.15) is 6.61 Å². The first-order chi connectivity index (χ1) is 10.2. The maximum atomic E-state index is 11.8. The van der Waals surface area contributed by atoms with Crippen molar-refractivity contribution < 1.29 is 9.53 Å². The molecule has 1 amide bonds. The highest BCUT2D eigenvalue weighted by atomic mass is 79.9. The number of nitrogens with one attached hydrogen (secondary N) is 1. The molecule has 0 heterocycles. The van der Waals surface area contributed by atoms with Crippen LogP contribution in [0.2, 0.25) is 0 Å². The van der Waals surface area contributed by atoms with Gasteiger partial charge in [-0.1, -0.05) is 70.5 Å². The zero-order chi connectivity index (χ0) is 15.1. The quantitative estimate of drug-likeness (QED) is 0.804. The lowest BCUT2D eigenvalue weighted by molar-refractivity contribution is 0.136. The van der Waals surface area contributed by atoms with Gasteiger partial charge in [0.25, 0.3) is 0 Å². The van der Waals surface area contributed by atoms with E-state index in [1.807, 2.05) is 61.5 Å². The fourth-order valence-electron chi connectivity index (χ4n) is 1.92. The number of rotatable bonds is 5. The van der Waals surface area contributed by atoms with Crippen molar-refractivity contribution >= 4 is 22.0 Å². The van der Waals surface area contributed by atoms with Gasteiger partial charge in [0, 0.05) is 5.33 Å². The third-order valence-corrected chi connectivity index (χ3v) is 3.83. The summed E-state index contributed by atoms with van der Waals surface area (Å²) in [6, 6.07) is 17.6. The number of carbonyl (C=O) groups excluding carboxylic acids is 1. The van der Waals surface area contributed by atoms with E-state index in [9.17, 15) is 4.79 Å². The van der Waals surface area contributed by atoms with Crippen molar-refractivity contribution in [1.82, 2.24) is 5.32 Å². The average molecular weight is 348 g/mol. The second-order valence-electron chi connectivity index (χ2n) is 4.80. The van der Waals surface area contributed by atoms with Gasteiger partial charge in [0.05, 0.1) is 6.04 Å². The van der Waals surface area contributed by atoms with Crippen LogP contribution < -0.4 is 5.32 Å². The van der Waals surface area contributed by atoms with E-state index in [2.05, 4.69) is 21.2 Å². The van der Waals surface area contributed by atoms with E-state index in [0.717, 1.165) is 16.5 Å². The highest BCUT2D eigenvalue weighted by Gasteiger charge is 2.10. The minimum Gasteiger partial charge on any atom is -0.445 e. The monoisotopic (exact) mass is 347 g/mol. The number of carbonyl (C=O) groups is 1. The Kier molecular flexibility index (Phi) is 5.81. The van der Waals surface area contributed by atoms with Crippen LogP contribution in [-0.2, 0) is 16.7 Å². The molecule has 0 bridgehead atoms. The molecule has 0 radical (unpaired) electrons. The Morgan fingerprint density at radius 2 is 1.76 bits per heavy atom. The van der Waals surface area contributed by atoms with Crippen LogP contribution >= 0.6 is 15.9 Å². The molecule has 2 aromatic rings. The van der Waals surface area contributed by atoms with Crippen LogP contribution in [0.3, 0.4) is 0 Å². The van der Waals surface area contributed by atoms with Crippen LogP contribution in [0.4, 0.5) is 4.79 Å². The number of amides is 1. The lowest BCUT2D eigenvalue weighted by Gasteiger charge is -2.14. The molecule has 0 aliphatic rings. The molecule has 21 heavy (non-hydrogen) atoms. The van der Waals surface area contributed by atoms with Crippen LogP contribution in [0.25, 0.3) is 0 Å². The molecule has 2 aromatic carbocycles. The Balaban J connectivity index is 1.83. The molecule has 0 fully saturated rings. The van der Waals surface area contributed by atoms with Gasteiger partial charge < -0.3 is 10.1 Å². The van der Waals surface area contributed by atoms with Crippen LogP contribution in [0.15, 0.2) is 54.6 Å². The zero-order valence-corrected chi connectivity index (χ0v) is 13.5. The molecule has 0 spiro atoms. The van der Waals surface area contributed by atoms with E-state index in [-0.39, 0.29) is 12.6 Å². The highest BCUT2D eigenvalue weighted by Crippen LogP contribution is 2.15. The van der Waals surface area contributed by atoms with Gasteiger partial charge in [0.2, 0.25) is 0 Å². The Bertz CT molecular complexity index is 569. The van der Waals surface area contributed by atoms with E-state index in [4.69, 9.17) is 4.74 Å². The number of alkyl halides is 1. The van der Waals surface area contributed by atoms with Crippen molar-refractivity contribution in [3.05, 3.63) is 71.3 Å². The van der Waals surface area contributed by atoms with Crippen molar-refractivity contribution in [2.75, 3.05) is 0 Å². The van der Waals surface area contributed by atoms with Crippen molar-refractivity contribution in [3.63, 3.8) is 0 Å². The lowest BCUT2D eigenvalue weighted by atomic mass is 10.1. The van der Waals surface area contributed by atoms with Gasteiger partial charge in [-0.05, 0) is 23.6 Å². The Labute approximate surface area is 133 Å². The van der Waals surface area contributed by atoms with Crippen molar-refractivity contribution in [3.8, 4) is 0 Å². The molecule has 0 saturated heterocycles. The van der Waals surface area contributed by atoms with E-state index < -0.39 is 6.09 Å². The summed E-state index contributed by atoms with van der Waals surface area (Å²) in [7, 11) is 0. The van der Waals surface area contributed by atoms with E-state index in [1.54, 1.807) is 0 Å². The van der Waals surface area contributed by atoms with Crippen LogP contribution in [0, 0.1) is 0 Å². The number of alkyl carbamates (subject to hydrolysis) is 1. The maximum absolute atomic E-state index is 11.8. The van der Waals surface area contributed by atoms with Crippen LogP contribution in [0.5, 0.6) is 0 Å². The van der Waals surface area contributed by atoms with Crippen molar-refractivity contribution in [1.29, 1.82) is 0 Å². The molecule has 3 nitrogen and oxygen atoms in total. The van der Waals surface area contributed by atoms with Gasteiger partial charge in [-0.2, -0.15) is 0 Å². The van der Waals surface area contributed by atoms with Crippen molar-refractivity contribution in [2.45, 2.75) is 24.9 Å². The van der Waals surface area contributed by atoms with Gasteiger partial charge >= 0.3 is 6.09 Å². The third kappa shape index (κ3) is 4.90. The number of ether oxygens (including phenoxy) is 1. The maximum Gasteiger partial charge on any atom is 0.407 e. The summed E-state index contributed by atoms with van der Waals surface area (Å²) in [6.07, 6.45) is -0.407. The second kappa shape index (κ2) is 7.84. The van der Waals surface area contributed by atoms with E-state index in [0.29, 0.717) is 0 Å². The number of hydrogen-bond acceptors (Lipinski definition) is 2. The summed E-state index contributed by atoms with van der Waals surface area (Å²) < 4.78 is 5.21. The first-order valence-corrected chi connectivity index (χ1v) is 7.93. The molecule has 0 aliphatic heterocycles. The SMILES string of the molecule is CC(NC(=O)OCc1ccccc1)c1ccc(CBr)cc1. The summed E-state index contributed by atoms with van der Waals surface area (Å²) in [5.41, 5.74) is 3.23. The van der Waals surface area contributed by atoms with Crippen LogP contribution in [-0.4, -0.2) is 6.09 Å². The molecule has 1 N–H and O–H groups in total. The summed E-state index contributed by atoms with van der Waals surface area (Å²) in [4.78, 5) is 11.8. The Morgan fingerprint density at radius 1 is 1.10 bits per heavy atom. The van der Waals surface area contributed by atoms with Gasteiger partial charge in [0.15, 0.2) is 0 Å². The molecule has 1 atom stereocenters. The van der Waals surface area contributed by atoms with Crippen molar-refractivity contribution in [2.24, 2.45) is 0 Å². The summed E-state index contributed by atoms with van der Waals surface area (Å²) >= 11 is 3.41. The zero-order valence-electron chi connectivity index (χ0n) is 11.9. The summed E-state index contributed by atoms with van der Waals surface area (Å²) in [6.45, 7) is 2.22. The molecule has 2 rings (SSSR count). The minimum absolute atomic E-state index is 0.0855. The second-order valence-corrected chi connectivity index (χ2v) is 5.36. The molecule has 4 heteroatoms. The fourth-order valence-corrected chi connectivity index (χ4v) is 2.29. The number of benzene rings is 2. The largest absolute Gasteiger partial charge is 0.445 e. The molecule has 1 unspecified atom stereocenters. The smallest absolute Gasteiger partial charge is 0.407 e. The lowest BCUT2D eigenvalue weighted by Crippen LogP contribution is -2.27. The topological polar surface area (TPSA) is 38.3 Å². The third-order valence-electron chi connectivity index (χ3n) is 3.18. The predicted molar refractivity (Wildman–Crippen MR) is 87.3 cm³/mol. The van der Waals surface area contributed by atoms with Gasteiger partial charge in [-0.15, -0.1) is 0 Å². The summed E-state index contributed by atoms with van der Waals surface area (Å²) in [5.74, 6) is 0. The first kappa shape index (κ1) is 15.6. The van der Waals surface area contributed by atoms with Gasteiger partial charge in [-0.25, -0.2) is 4.79 Å². The number of hydrogen-bond donors (Lipinski definition) is 1. The van der Waals surface area contributed by atoms with E-state index in [1.165, 1.54) is 5.56 Å². The van der Waals surface area contributed by atoms with Gasteiger partial charge in [-0.3, -0.25) is 0 Å². The number of halogens is 1. The molecule has 0 aromatic heterocycles. The normalized spacial score (nSPS) is 11.7. The molecule has 0 aliphatic carbocycles. The molecular formula is C17H18BrNO2. The summed E-state index contributed by atoms with van der Waals surface area (Å²) in [5, 5.41) is 3.66. The standard InChI is InChI=1S/C17H18BrNO2/c1-13(16-9-7-14(11-18)8-10-16)19-17(20)21-12-15-5-3-2-4-6-15/h2-10,13H,11-12H2,1H3,(H,19,20). The first-order valence-electron chi connectivity index (χ1n) is 6.81. The van der Waals surface area contributed by atoms with E-state index >= 15 is 0 Å². The highest BCUT2D eigenvalue weighted by molar-refractivity contribution is 9.08. The molecule has 0 saturated carbocycles. The van der Waals surface area contributed by atoms with Crippen LogP contribution in [0.1, 0.15) is 29.7 Å². The fraction of sp³-hybridized carbons (Fsp3) is 0.235. The Morgan fingerprint density at radius 3 is 2.38 bits per heavy atom. The minimum atomic E-state index is -0.407. The molecule has 110 valence electrons. The Hall–Kier alpha value is -1.81. The molecular weight excluding hydrogens is 330 g/mol. The average Bonchev–Trinajstić information content (AvgIpc) is 2.54. The predicted octanol–water partition coefficient (Wildman–Crippen LogP) is 4.57.